The van der Waals surface area contributed by atoms with Crippen LogP contribution in [0.15, 0.2) is 6.07 Å². The summed E-state index contributed by atoms with van der Waals surface area (Å²) >= 11 is 1.31. The molecule has 2 heterocycles. The molecule has 0 spiro atoms. The van der Waals surface area contributed by atoms with Crippen molar-refractivity contribution in [3.05, 3.63) is 21.4 Å². The van der Waals surface area contributed by atoms with Gasteiger partial charge in [-0.1, -0.05) is 0 Å². The number of thiophene rings is 1. The summed E-state index contributed by atoms with van der Waals surface area (Å²) in [5.41, 5.74) is -0.624. The Hall–Kier alpha value is -1.89. The van der Waals surface area contributed by atoms with Gasteiger partial charge in [-0.15, -0.1) is 11.3 Å². The minimum atomic E-state index is -0.980. The molecule has 1 aliphatic rings. The van der Waals surface area contributed by atoms with E-state index in [4.69, 9.17) is 9.47 Å². The van der Waals surface area contributed by atoms with Crippen molar-refractivity contribution in [2.45, 2.75) is 52.7 Å². The SMILES string of the molecule is COC(=O)C(C)(C)C1c2sc(C=O)cc2CCN1C(=O)OC(C)(C)C. The summed E-state index contributed by atoms with van der Waals surface area (Å²) in [5, 5.41) is 0. The van der Waals surface area contributed by atoms with E-state index in [9.17, 15) is 14.4 Å². The fourth-order valence-corrected chi connectivity index (χ4v) is 4.40. The van der Waals surface area contributed by atoms with Gasteiger partial charge in [-0.25, -0.2) is 4.79 Å². The van der Waals surface area contributed by atoms with Gasteiger partial charge in [-0.2, -0.15) is 0 Å². The standard InChI is InChI=1S/C18H25NO5S/c1-17(2,3)24-16(22)19-8-7-11-9-12(10-20)25-13(11)14(19)18(4,5)15(21)23-6/h9-10,14H,7-8H2,1-6H3. The first-order valence-corrected chi connectivity index (χ1v) is 8.98. The minimum absolute atomic E-state index is 0.417. The van der Waals surface area contributed by atoms with Gasteiger partial charge in [-0.05, 0) is 52.7 Å². The summed E-state index contributed by atoms with van der Waals surface area (Å²) in [7, 11) is 1.33. The number of carbonyl (C=O) groups excluding carboxylic acids is 3. The van der Waals surface area contributed by atoms with Crippen LogP contribution >= 0.6 is 11.3 Å². The van der Waals surface area contributed by atoms with E-state index in [1.807, 2.05) is 6.07 Å². The van der Waals surface area contributed by atoms with E-state index in [2.05, 4.69) is 0 Å². The van der Waals surface area contributed by atoms with E-state index in [1.165, 1.54) is 18.4 Å². The molecule has 7 heteroatoms. The normalized spacial score (nSPS) is 17.7. The van der Waals surface area contributed by atoms with E-state index >= 15 is 0 Å². The van der Waals surface area contributed by atoms with Crippen LogP contribution in [0.4, 0.5) is 4.79 Å². The van der Waals surface area contributed by atoms with Crippen LogP contribution in [0.25, 0.3) is 0 Å². The van der Waals surface area contributed by atoms with Gasteiger partial charge in [0, 0.05) is 11.4 Å². The molecule has 0 aromatic carbocycles. The highest BCUT2D eigenvalue weighted by atomic mass is 32.1. The van der Waals surface area contributed by atoms with Gasteiger partial charge in [0.2, 0.25) is 0 Å². The van der Waals surface area contributed by atoms with Crippen molar-refractivity contribution in [1.82, 2.24) is 4.90 Å². The van der Waals surface area contributed by atoms with Crippen molar-refractivity contribution >= 4 is 29.7 Å². The number of fused-ring (bicyclic) bond motifs is 1. The van der Waals surface area contributed by atoms with Gasteiger partial charge in [0.05, 0.1) is 23.4 Å². The second-order valence-corrected chi connectivity index (χ2v) is 8.81. The molecular weight excluding hydrogens is 342 g/mol. The van der Waals surface area contributed by atoms with Crippen molar-refractivity contribution in [3.63, 3.8) is 0 Å². The Balaban J connectivity index is 2.51. The molecule has 0 N–H and O–H groups in total. The number of esters is 1. The van der Waals surface area contributed by atoms with E-state index in [1.54, 1.807) is 39.5 Å². The zero-order chi connectivity index (χ0) is 19.0. The lowest BCUT2D eigenvalue weighted by molar-refractivity contribution is -0.155. The van der Waals surface area contributed by atoms with Crippen LogP contribution in [0.2, 0.25) is 0 Å². The Morgan fingerprint density at radius 1 is 1.28 bits per heavy atom. The number of ether oxygens (including phenoxy) is 2. The Kier molecular flexibility index (Phi) is 5.27. The molecule has 6 nitrogen and oxygen atoms in total. The lowest BCUT2D eigenvalue weighted by atomic mass is 9.79. The molecule has 2 rings (SSSR count). The van der Waals surface area contributed by atoms with Crippen LogP contribution in [0.1, 0.15) is 60.8 Å². The lowest BCUT2D eigenvalue weighted by Crippen LogP contribution is -2.50. The summed E-state index contributed by atoms with van der Waals surface area (Å²) in [4.78, 5) is 39.4. The van der Waals surface area contributed by atoms with E-state index in [0.29, 0.717) is 17.8 Å². The summed E-state index contributed by atoms with van der Waals surface area (Å²) < 4.78 is 10.5. The number of methoxy groups -OCH3 is 1. The Morgan fingerprint density at radius 3 is 2.44 bits per heavy atom. The van der Waals surface area contributed by atoms with Crippen LogP contribution in [0, 0.1) is 5.41 Å². The molecule has 0 aliphatic carbocycles. The Bertz CT molecular complexity index is 686. The molecule has 25 heavy (non-hydrogen) atoms. The number of aldehydes is 1. The highest BCUT2D eigenvalue weighted by Crippen LogP contribution is 2.46. The topological polar surface area (TPSA) is 72.9 Å². The number of hydrogen-bond donors (Lipinski definition) is 0. The highest BCUT2D eigenvalue weighted by molar-refractivity contribution is 7.13. The molecule has 1 unspecified atom stereocenters. The molecule has 0 saturated carbocycles. The van der Waals surface area contributed by atoms with Gasteiger partial charge in [0.25, 0.3) is 0 Å². The fourth-order valence-electron chi connectivity index (χ4n) is 3.07. The van der Waals surface area contributed by atoms with E-state index in [0.717, 1.165) is 16.7 Å². The van der Waals surface area contributed by atoms with Crippen LogP contribution in [0.5, 0.6) is 0 Å². The van der Waals surface area contributed by atoms with Crippen molar-refractivity contribution < 1.29 is 23.9 Å². The lowest BCUT2D eigenvalue weighted by Gasteiger charge is -2.43. The van der Waals surface area contributed by atoms with Gasteiger partial charge >= 0.3 is 12.1 Å². The first-order chi connectivity index (χ1) is 11.5. The minimum Gasteiger partial charge on any atom is -0.469 e. The molecule has 0 bridgehead atoms. The third kappa shape index (κ3) is 3.86. The maximum Gasteiger partial charge on any atom is 0.410 e. The average Bonchev–Trinajstić information content (AvgIpc) is 2.94. The summed E-state index contributed by atoms with van der Waals surface area (Å²) in [6, 6.07) is 1.29. The smallest absolute Gasteiger partial charge is 0.410 e. The molecule has 1 aromatic heterocycles. The quantitative estimate of drug-likeness (QED) is 0.603. The molecule has 1 atom stereocenters. The average molecular weight is 367 g/mol. The maximum atomic E-state index is 12.8. The van der Waals surface area contributed by atoms with Crippen molar-refractivity contribution in [2.24, 2.45) is 5.41 Å². The summed E-state index contributed by atoms with van der Waals surface area (Å²) in [5.74, 6) is -0.417. The number of carbonyl (C=O) groups is 3. The molecule has 1 aliphatic heterocycles. The van der Waals surface area contributed by atoms with Gasteiger partial charge in [-0.3, -0.25) is 14.5 Å². The van der Waals surface area contributed by atoms with Crippen LogP contribution in [0.3, 0.4) is 0 Å². The van der Waals surface area contributed by atoms with Crippen molar-refractivity contribution in [2.75, 3.05) is 13.7 Å². The van der Waals surface area contributed by atoms with Crippen LogP contribution in [-0.4, -0.2) is 42.5 Å². The zero-order valence-electron chi connectivity index (χ0n) is 15.5. The van der Waals surface area contributed by atoms with Crippen LogP contribution < -0.4 is 0 Å². The van der Waals surface area contributed by atoms with Gasteiger partial charge in [0.1, 0.15) is 5.60 Å². The predicted octanol–water partition coefficient (Wildman–Crippen LogP) is 3.59. The largest absolute Gasteiger partial charge is 0.469 e. The van der Waals surface area contributed by atoms with Crippen LogP contribution in [-0.2, 0) is 20.7 Å². The van der Waals surface area contributed by atoms with Gasteiger partial charge < -0.3 is 9.47 Å². The highest BCUT2D eigenvalue weighted by Gasteiger charge is 2.48. The Labute approximate surface area is 152 Å². The molecule has 0 saturated heterocycles. The molecule has 0 radical (unpaired) electrons. The predicted molar refractivity (Wildman–Crippen MR) is 94.9 cm³/mol. The number of nitrogens with zero attached hydrogens (tertiary/aromatic N) is 1. The molecule has 138 valence electrons. The second-order valence-electron chi connectivity index (χ2n) is 7.70. The molecule has 0 fully saturated rings. The summed E-state index contributed by atoms with van der Waals surface area (Å²) in [6.45, 7) is 9.32. The third-order valence-corrected chi connectivity index (χ3v) is 5.34. The van der Waals surface area contributed by atoms with E-state index in [-0.39, 0.29) is 0 Å². The molecular formula is C18H25NO5S. The van der Waals surface area contributed by atoms with Crippen molar-refractivity contribution in [3.8, 4) is 0 Å². The molecule has 1 amide bonds. The first-order valence-electron chi connectivity index (χ1n) is 8.17. The second kappa shape index (κ2) is 6.78. The monoisotopic (exact) mass is 367 g/mol. The van der Waals surface area contributed by atoms with Crippen molar-refractivity contribution in [1.29, 1.82) is 0 Å². The third-order valence-electron chi connectivity index (χ3n) is 4.18. The maximum absolute atomic E-state index is 12.8. The number of amides is 1. The first kappa shape index (κ1) is 19.4. The zero-order valence-corrected chi connectivity index (χ0v) is 16.4. The Morgan fingerprint density at radius 2 is 1.92 bits per heavy atom. The summed E-state index contributed by atoms with van der Waals surface area (Å²) in [6.07, 6.45) is 0.941. The fraction of sp³-hybridized carbons (Fsp3) is 0.611. The number of hydrogen-bond acceptors (Lipinski definition) is 6. The van der Waals surface area contributed by atoms with E-state index < -0.39 is 29.1 Å². The van der Waals surface area contributed by atoms with Gasteiger partial charge in [0.15, 0.2) is 6.29 Å². The molecule has 1 aromatic rings. The number of rotatable bonds is 3.